The molecule has 0 bridgehead atoms. The summed E-state index contributed by atoms with van der Waals surface area (Å²) in [6.45, 7) is 2.34. The monoisotopic (exact) mass is 325 g/mol. The maximum atomic E-state index is 7.39. The third kappa shape index (κ3) is 4.82. The van der Waals surface area contributed by atoms with Gasteiger partial charge in [0.05, 0.1) is 12.8 Å². The van der Waals surface area contributed by atoms with Crippen molar-refractivity contribution < 1.29 is 4.74 Å². The topological polar surface area (TPSA) is 96.0 Å². The first kappa shape index (κ1) is 17.5. The fraction of sp³-hybridized carbons (Fsp3) is 0.222. The summed E-state index contributed by atoms with van der Waals surface area (Å²) in [5.74, 6) is 0.682. The fourth-order valence-electron chi connectivity index (χ4n) is 2.27. The van der Waals surface area contributed by atoms with Crippen LogP contribution in [0.4, 0.5) is 5.69 Å². The van der Waals surface area contributed by atoms with Gasteiger partial charge < -0.3 is 26.5 Å². The van der Waals surface area contributed by atoms with Gasteiger partial charge in [0.1, 0.15) is 5.75 Å². The highest BCUT2D eigenvalue weighted by Crippen LogP contribution is 2.27. The molecule has 0 spiro atoms. The summed E-state index contributed by atoms with van der Waals surface area (Å²) in [5, 5.41) is 14.1. The van der Waals surface area contributed by atoms with Crippen molar-refractivity contribution in [2.45, 2.75) is 6.54 Å². The van der Waals surface area contributed by atoms with Crippen molar-refractivity contribution in [3.63, 3.8) is 0 Å². The number of benzene rings is 1. The van der Waals surface area contributed by atoms with Crippen LogP contribution >= 0.6 is 0 Å². The maximum absolute atomic E-state index is 7.39. The lowest BCUT2D eigenvalue weighted by Gasteiger charge is -2.12. The molecule has 1 aromatic heterocycles. The lowest BCUT2D eigenvalue weighted by atomic mass is 10.1. The number of nitrogens with two attached hydrogens (primary N) is 1. The van der Waals surface area contributed by atoms with E-state index in [1.807, 2.05) is 36.4 Å². The van der Waals surface area contributed by atoms with Gasteiger partial charge in [-0.15, -0.1) is 0 Å². The van der Waals surface area contributed by atoms with Gasteiger partial charge in [0.2, 0.25) is 0 Å². The SMILES string of the molecule is COc1cc(NCCNCc2ccccn2)ccc1/C(C=N)=C/N. The Morgan fingerprint density at radius 3 is 2.83 bits per heavy atom. The zero-order valence-electron chi connectivity index (χ0n) is 13.8. The van der Waals surface area contributed by atoms with Crippen LogP contribution in [0.5, 0.6) is 5.75 Å². The van der Waals surface area contributed by atoms with Crippen LogP contribution in [0.25, 0.3) is 5.57 Å². The summed E-state index contributed by atoms with van der Waals surface area (Å²) in [4.78, 5) is 4.27. The summed E-state index contributed by atoms with van der Waals surface area (Å²) in [5.41, 5.74) is 8.94. The van der Waals surface area contributed by atoms with Gasteiger partial charge in [-0.05, 0) is 24.3 Å². The van der Waals surface area contributed by atoms with E-state index >= 15 is 0 Å². The molecule has 0 radical (unpaired) electrons. The second-order valence-electron chi connectivity index (χ2n) is 5.11. The van der Waals surface area contributed by atoms with Crippen LogP contribution in [0.15, 0.2) is 48.8 Å². The molecule has 0 fully saturated rings. The third-order valence-corrected chi connectivity index (χ3v) is 3.51. The van der Waals surface area contributed by atoms with Crippen LogP contribution in [-0.4, -0.2) is 31.4 Å². The average molecular weight is 325 g/mol. The normalized spacial score (nSPS) is 11.1. The molecule has 0 unspecified atom stereocenters. The van der Waals surface area contributed by atoms with Gasteiger partial charge >= 0.3 is 0 Å². The van der Waals surface area contributed by atoms with Gasteiger partial charge in [0.15, 0.2) is 0 Å². The Morgan fingerprint density at radius 1 is 1.29 bits per heavy atom. The van der Waals surface area contributed by atoms with Crippen molar-refractivity contribution in [1.82, 2.24) is 10.3 Å². The lowest BCUT2D eigenvalue weighted by Crippen LogP contribution is -2.22. The summed E-state index contributed by atoms with van der Waals surface area (Å²) in [6, 6.07) is 11.6. The van der Waals surface area contributed by atoms with Crippen LogP contribution in [0, 0.1) is 5.41 Å². The van der Waals surface area contributed by atoms with Gasteiger partial charge in [0, 0.05) is 61.1 Å². The quantitative estimate of drug-likeness (QED) is 0.419. The molecule has 6 heteroatoms. The molecule has 2 rings (SSSR count). The summed E-state index contributed by atoms with van der Waals surface area (Å²) < 4.78 is 5.39. The predicted octanol–water partition coefficient (Wildman–Crippen LogP) is 2.24. The van der Waals surface area contributed by atoms with Crippen molar-refractivity contribution in [3.8, 4) is 5.75 Å². The van der Waals surface area contributed by atoms with Crippen LogP contribution in [-0.2, 0) is 6.54 Å². The van der Waals surface area contributed by atoms with Crippen LogP contribution in [0.1, 0.15) is 11.3 Å². The Bertz CT molecular complexity index is 685. The summed E-state index contributed by atoms with van der Waals surface area (Å²) >= 11 is 0. The minimum absolute atomic E-state index is 0.621. The Labute approximate surface area is 142 Å². The smallest absolute Gasteiger partial charge is 0.128 e. The van der Waals surface area contributed by atoms with E-state index in [1.165, 1.54) is 12.4 Å². The average Bonchev–Trinajstić information content (AvgIpc) is 2.64. The molecular formula is C18H23N5O. The number of pyridine rings is 1. The number of hydrogen-bond acceptors (Lipinski definition) is 6. The van der Waals surface area contributed by atoms with Gasteiger partial charge in [-0.3, -0.25) is 4.98 Å². The number of ether oxygens (including phenoxy) is 1. The standard InChI is InChI=1S/C18H23N5O/c1-24-18-10-15(5-6-17(18)14(11-19)12-20)23-9-8-21-13-16-4-2-3-7-22-16/h2-7,10-12,19,21,23H,8-9,13,20H2,1H3/b14-12+,19-11?. The molecule has 2 aromatic rings. The second-order valence-corrected chi connectivity index (χ2v) is 5.11. The molecular weight excluding hydrogens is 302 g/mol. The minimum Gasteiger partial charge on any atom is -0.496 e. The molecule has 0 atom stereocenters. The molecule has 24 heavy (non-hydrogen) atoms. The van der Waals surface area contributed by atoms with Gasteiger partial charge in [0.25, 0.3) is 0 Å². The number of anilines is 1. The molecule has 1 aromatic carbocycles. The largest absolute Gasteiger partial charge is 0.496 e. The molecule has 0 saturated carbocycles. The molecule has 1 heterocycles. The van der Waals surface area contributed by atoms with Crippen molar-refractivity contribution in [1.29, 1.82) is 5.41 Å². The van der Waals surface area contributed by atoms with E-state index in [0.29, 0.717) is 11.3 Å². The maximum Gasteiger partial charge on any atom is 0.128 e. The van der Waals surface area contributed by atoms with E-state index in [1.54, 1.807) is 13.3 Å². The third-order valence-electron chi connectivity index (χ3n) is 3.51. The number of nitrogens with zero attached hydrogens (tertiary/aromatic N) is 1. The zero-order chi connectivity index (χ0) is 17.2. The Morgan fingerprint density at radius 2 is 2.17 bits per heavy atom. The Hall–Kier alpha value is -2.86. The molecule has 0 aliphatic rings. The second kappa shape index (κ2) is 9.32. The highest BCUT2D eigenvalue weighted by molar-refractivity contribution is 6.09. The summed E-state index contributed by atoms with van der Waals surface area (Å²) in [6.07, 6.45) is 4.41. The van der Waals surface area contributed by atoms with E-state index in [9.17, 15) is 0 Å². The molecule has 6 nitrogen and oxygen atoms in total. The number of hydrogen-bond donors (Lipinski definition) is 4. The molecule has 126 valence electrons. The minimum atomic E-state index is 0.621. The number of aromatic nitrogens is 1. The van der Waals surface area contributed by atoms with E-state index in [0.717, 1.165) is 36.6 Å². The Kier molecular flexibility index (Phi) is 6.79. The van der Waals surface area contributed by atoms with Crippen molar-refractivity contribution in [3.05, 3.63) is 60.1 Å². The van der Waals surface area contributed by atoms with Crippen LogP contribution in [0.3, 0.4) is 0 Å². The molecule has 0 aliphatic heterocycles. The van der Waals surface area contributed by atoms with Crippen molar-refractivity contribution in [2.24, 2.45) is 5.73 Å². The van der Waals surface area contributed by atoms with E-state index in [4.69, 9.17) is 15.9 Å². The van der Waals surface area contributed by atoms with Crippen molar-refractivity contribution >= 4 is 17.5 Å². The first-order valence-corrected chi connectivity index (χ1v) is 7.73. The van der Waals surface area contributed by atoms with Gasteiger partial charge in [-0.25, -0.2) is 0 Å². The molecule has 0 aliphatic carbocycles. The first-order valence-electron chi connectivity index (χ1n) is 7.73. The molecule has 5 N–H and O–H groups in total. The number of rotatable bonds is 9. The molecule has 0 amide bonds. The van der Waals surface area contributed by atoms with Crippen molar-refractivity contribution in [2.75, 3.05) is 25.5 Å². The van der Waals surface area contributed by atoms with Crippen LogP contribution < -0.4 is 21.1 Å². The highest BCUT2D eigenvalue weighted by Gasteiger charge is 2.07. The number of methoxy groups -OCH3 is 1. The number of allylic oxidation sites excluding steroid dienone is 1. The van der Waals surface area contributed by atoms with Gasteiger partial charge in [-0.2, -0.15) is 0 Å². The van der Waals surface area contributed by atoms with E-state index < -0.39 is 0 Å². The lowest BCUT2D eigenvalue weighted by molar-refractivity contribution is 0.414. The Balaban J connectivity index is 1.85. The van der Waals surface area contributed by atoms with Crippen LogP contribution in [0.2, 0.25) is 0 Å². The number of nitrogens with one attached hydrogen (secondary N) is 3. The highest BCUT2D eigenvalue weighted by atomic mass is 16.5. The molecule has 0 saturated heterocycles. The predicted molar refractivity (Wildman–Crippen MR) is 98.4 cm³/mol. The van der Waals surface area contributed by atoms with Gasteiger partial charge in [-0.1, -0.05) is 6.07 Å². The fourth-order valence-corrected chi connectivity index (χ4v) is 2.27. The van der Waals surface area contributed by atoms with E-state index in [2.05, 4.69) is 15.6 Å². The summed E-state index contributed by atoms with van der Waals surface area (Å²) in [7, 11) is 1.61. The van der Waals surface area contributed by atoms with E-state index in [-0.39, 0.29) is 0 Å². The first-order chi connectivity index (χ1) is 11.8. The zero-order valence-corrected chi connectivity index (χ0v) is 13.8.